The summed E-state index contributed by atoms with van der Waals surface area (Å²) in [6, 6.07) is 25.3. The van der Waals surface area contributed by atoms with E-state index < -0.39 is 40.3 Å². The Bertz CT molecular complexity index is 1860. The number of carbonyl (C=O) groups is 2. The van der Waals surface area contributed by atoms with Crippen molar-refractivity contribution in [2.45, 2.75) is 75.7 Å². The zero-order chi connectivity index (χ0) is 35.2. The van der Waals surface area contributed by atoms with Crippen LogP contribution in [0.2, 0.25) is 0 Å². The number of carbonyl (C=O) groups excluding carboxylic acids is 2. The molecule has 7 nitrogen and oxygen atoms in total. The maximum atomic E-state index is 14.6. The monoisotopic (exact) mass is 691 g/mol. The number of rotatable bonds is 12. The Hall–Kier alpha value is -4.64. The molecule has 4 aromatic carbocycles. The number of alkyl halides is 3. The lowest BCUT2D eigenvalue weighted by Gasteiger charge is -2.34. The summed E-state index contributed by atoms with van der Waals surface area (Å²) in [5.74, 6) is -1.11. The predicted octanol–water partition coefficient (Wildman–Crippen LogP) is 7.22. The van der Waals surface area contributed by atoms with E-state index in [0.717, 1.165) is 60.6 Å². The third kappa shape index (κ3) is 9.08. The summed E-state index contributed by atoms with van der Waals surface area (Å²) in [6.45, 7) is 2.80. The first-order valence-electron chi connectivity index (χ1n) is 16.3. The first kappa shape index (κ1) is 35.7. The number of anilines is 1. The van der Waals surface area contributed by atoms with E-state index in [-0.39, 0.29) is 35.5 Å². The lowest BCUT2D eigenvalue weighted by Crippen LogP contribution is -2.54. The van der Waals surface area contributed by atoms with Crippen LogP contribution in [-0.4, -0.2) is 43.8 Å². The fourth-order valence-electron chi connectivity index (χ4n) is 6.13. The van der Waals surface area contributed by atoms with E-state index in [0.29, 0.717) is 9.87 Å². The number of aryl methyl sites for hydroxylation is 2. The fraction of sp³-hybridized carbons (Fsp3) is 0.316. The maximum Gasteiger partial charge on any atom is 0.416 e. The van der Waals surface area contributed by atoms with Gasteiger partial charge in [0, 0.05) is 19.0 Å². The first-order valence-corrected chi connectivity index (χ1v) is 17.7. The van der Waals surface area contributed by atoms with Crippen LogP contribution >= 0.6 is 0 Å². The maximum absolute atomic E-state index is 14.6. The molecule has 1 aliphatic carbocycles. The smallest absolute Gasteiger partial charge is 0.352 e. The van der Waals surface area contributed by atoms with Gasteiger partial charge in [0.15, 0.2) is 0 Å². The van der Waals surface area contributed by atoms with Crippen molar-refractivity contribution in [1.82, 2.24) is 10.2 Å². The summed E-state index contributed by atoms with van der Waals surface area (Å²) in [5, 5.41) is 3.11. The van der Waals surface area contributed by atoms with Crippen LogP contribution in [0.25, 0.3) is 0 Å². The molecule has 5 rings (SSSR count). The molecular weight excluding hydrogens is 651 g/mol. The highest BCUT2D eigenvalue weighted by Crippen LogP contribution is 2.33. The third-order valence-corrected chi connectivity index (χ3v) is 10.5. The number of hydrogen-bond acceptors (Lipinski definition) is 4. The normalized spacial score (nSPS) is 14.3. The topological polar surface area (TPSA) is 86.8 Å². The highest BCUT2D eigenvalue weighted by molar-refractivity contribution is 7.92. The van der Waals surface area contributed by atoms with Crippen molar-refractivity contribution < 1.29 is 31.2 Å². The Morgan fingerprint density at radius 1 is 0.816 bits per heavy atom. The second-order valence-electron chi connectivity index (χ2n) is 12.6. The van der Waals surface area contributed by atoms with E-state index in [1.807, 2.05) is 61.5 Å². The Kier molecular flexibility index (Phi) is 11.1. The first-order chi connectivity index (χ1) is 23.3. The van der Waals surface area contributed by atoms with Crippen molar-refractivity contribution in [2.24, 2.45) is 0 Å². The molecule has 0 spiro atoms. The van der Waals surface area contributed by atoms with Gasteiger partial charge in [-0.25, -0.2) is 8.42 Å². The molecule has 0 radical (unpaired) electrons. The summed E-state index contributed by atoms with van der Waals surface area (Å²) in [4.78, 5) is 29.9. The van der Waals surface area contributed by atoms with E-state index in [1.165, 1.54) is 23.1 Å². The molecular formula is C38H40F3N3O4S. The van der Waals surface area contributed by atoms with Gasteiger partial charge >= 0.3 is 6.18 Å². The van der Waals surface area contributed by atoms with Gasteiger partial charge in [0.1, 0.15) is 12.6 Å². The van der Waals surface area contributed by atoms with Crippen molar-refractivity contribution in [3.05, 3.63) is 131 Å². The van der Waals surface area contributed by atoms with E-state index in [1.54, 1.807) is 19.1 Å². The molecule has 258 valence electrons. The summed E-state index contributed by atoms with van der Waals surface area (Å²) in [6.07, 6.45) is -1.03. The molecule has 4 aromatic rings. The standard InChI is InChI=1S/C38H40F3N3O4S/c1-27-18-20-34(21-19-27)49(47,48)44(33-17-9-14-31(24-33)38(39,40)41)26-36(45)43(25-30-13-8-10-28(2)22-30)35(23-29-11-4-3-5-12-29)37(46)42-32-15-6-7-16-32/h3-5,8-14,17-22,24,32,35H,6-7,15-16,23,25-26H2,1-2H3,(H,42,46)/t35-/m0/s1. The summed E-state index contributed by atoms with van der Waals surface area (Å²) >= 11 is 0. The summed E-state index contributed by atoms with van der Waals surface area (Å²) in [5.41, 5.74) is 1.82. The Morgan fingerprint density at radius 2 is 1.47 bits per heavy atom. The molecule has 1 fully saturated rings. The van der Waals surface area contributed by atoms with Crippen LogP contribution in [0.15, 0.2) is 108 Å². The van der Waals surface area contributed by atoms with Crippen molar-refractivity contribution in [2.75, 3.05) is 10.8 Å². The van der Waals surface area contributed by atoms with Gasteiger partial charge in [0.05, 0.1) is 16.1 Å². The lowest BCUT2D eigenvalue weighted by atomic mass is 10.0. The summed E-state index contributed by atoms with van der Waals surface area (Å²) < 4.78 is 70.6. The second kappa shape index (κ2) is 15.3. The van der Waals surface area contributed by atoms with Crippen LogP contribution in [0.3, 0.4) is 0 Å². The van der Waals surface area contributed by atoms with Gasteiger partial charge in [0.25, 0.3) is 10.0 Å². The lowest BCUT2D eigenvalue weighted by molar-refractivity contribution is -0.140. The number of nitrogens with one attached hydrogen (secondary N) is 1. The molecule has 1 aliphatic rings. The van der Waals surface area contributed by atoms with Crippen LogP contribution in [-0.2, 0) is 38.8 Å². The second-order valence-corrected chi connectivity index (χ2v) is 14.4. The van der Waals surface area contributed by atoms with Crippen LogP contribution in [0, 0.1) is 13.8 Å². The molecule has 0 unspecified atom stereocenters. The number of hydrogen-bond donors (Lipinski definition) is 1. The Morgan fingerprint density at radius 3 is 2.12 bits per heavy atom. The van der Waals surface area contributed by atoms with Gasteiger partial charge in [-0.2, -0.15) is 13.2 Å². The average Bonchev–Trinajstić information content (AvgIpc) is 3.58. The number of nitrogens with zero attached hydrogens (tertiary/aromatic N) is 2. The molecule has 0 aliphatic heterocycles. The fourth-order valence-corrected chi connectivity index (χ4v) is 7.54. The van der Waals surface area contributed by atoms with Crippen molar-refractivity contribution in [3.63, 3.8) is 0 Å². The van der Waals surface area contributed by atoms with E-state index >= 15 is 0 Å². The van der Waals surface area contributed by atoms with Crippen LogP contribution in [0.5, 0.6) is 0 Å². The zero-order valence-corrected chi connectivity index (χ0v) is 28.3. The number of benzene rings is 4. The highest BCUT2D eigenvalue weighted by Gasteiger charge is 2.37. The number of halogens is 3. The third-order valence-electron chi connectivity index (χ3n) is 8.76. The molecule has 0 heterocycles. The van der Waals surface area contributed by atoms with E-state index in [9.17, 15) is 31.2 Å². The van der Waals surface area contributed by atoms with Gasteiger partial charge in [-0.1, -0.05) is 96.8 Å². The minimum absolute atomic E-state index is 0.0306. The minimum atomic E-state index is -4.75. The van der Waals surface area contributed by atoms with Crippen molar-refractivity contribution in [3.8, 4) is 0 Å². The summed E-state index contributed by atoms with van der Waals surface area (Å²) in [7, 11) is -4.55. The molecule has 0 bridgehead atoms. The van der Waals surface area contributed by atoms with Crippen molar-refractivity contribution in [1.29, 1.82) is 0 Å². The molecule has 0 aromatic heterocycles. The SMILES string of the molecule is Cc1ccc(S(=O)(=O)N(CC(=O)N(Cc2cccc(C)c2)[C@@H](Cc2ccccc2)C(=O)NC2CCCC2)c2cccc(C(F)(F)F)c2)cc1. The molecule has 49 heavy (non-hydrogen) atoms. The van der Waals surface area contributed by atoms with Gasteiger partial charge in [-0.05, 0) is 68.1 Å². The van der Waals surface area contributed by atoms with E-state index in [2.05, 4.69) is 5.32 Å². The van der Waals surface area contributed by atoms with E-state index in [4.69, 9.17) is 0 Å². The van der Waals surface area contributed by atoms with Gasteiger partial charge < -0.3 is 10.2 Å². The molecule has 1 saturated carbocycles. The van der Waals surface area contributed by atoms with Crippen LogP contribution in [0.4, 0.5) is 18.9 Å². The van der Waals surface area contributed by atoms with Crippen LogP contribution < -0.4 is 9.62 Å². The predicted molar refractivity (Wildman–Crippen MR) is 183 cm³/mol. The van der Waals surface area contributed by atoms with Gasteiger partial charge in [-0.15, -0.1) is 0 Å². The van der Waals surface area contributed by atoms with Crippen molar-refractivity contribution >= 4 is 27.5 Å². The minimum Gasteiger partial charge on any atom is -0.352 e. The Labute approximate surface area is 285 Å². The highest BCUT2D eigenvalue weighted by atomic mass is 32.2. The quantitative estimate of drug-likeness (QED) is 0.170. The molecule has 2 amide bonds. The number of sulfonamides is 1. The van der Waals surface area contributed by atoms with Gasteiger partial charge in [0.2, 0.25) is 11.8 Å². The zero-order valence-electron chi connectivity index (χ0n) is 27.5. The molecule has 0 saturated heterocycles. The Balaban J connectivity index is 1.60. The average molecular weight is 692 g/mol. The van der Waals surface area contributed by atoms with Gasteiger partial charge in [-0.3, -0.25) is 13.9 Å². The molecule has 11 heteroatoms. The number of amides is 2. The molecule has 1 atom stereocenters. The largest absolute Gasteiger partial charge is 0.416 e. The molecule has 1 N–H and O–H groups in total. The van der Waals surface area contributed by atoms with Crippen LogP contribution in [0.1, 0.15) is 53.5 Å².